The van der Waals surface area contributed by atoms with Crippen molar-refractivity contribution < 1.29 is 28.5 Å². The average molecular weight is 230 g/mol. The van der Waals surface area contributed by atoms with E-state index >= 15 is 0 Å². The molecular weight excluding hydrogens is 216 g/mol. The van der Waals surface area contributed by atoms with E-state index in [1.165, 1.54) is 7.11 Å². The number of esters is 1. The number of ether oxygens (including phenoxy) is 5. The molecule has 0 amide bonds. The Balaban J connectivity index is 1.91. The molecule has 0 unspecified atom stereocenters. The molecule has 4 heterocycles. The number of fused-ring (bicyclic) bond motifs is 3. The molecule has 0 radical (unpaired) electrons. The Morgan fingerprint density at radius 2 is 1.75 bits per heavy atom. The van der Waals surface area contributed by atoms with Crippen LogP contribution in [0.25, 0.3) is 0 Å². The second kappa shape index (κ2) is 3.40. The molecule has 6 heteroatoms. The lowest BCUT2D eigenvalue weighted by Crippen LogP contribution is -2.72. The topological polar surface area (TPSA) is 63.2 Å². The quantitative estimate of drug-likeness (QED) is 0.597. The van der Waals surface area contributed by atoms with Crippen LogP contribution in [0.2, 0.25) is 0 Å². The molecule has 4 aliphatic heterocycles. The van der Waals surface area contributed by atoms with Gasteiger partial charge in [-0.15, -0.1) is 0 Å². The number of hydrogen-bond acceptors (Lipinski definition) is 6. The molecule has 0 N–H and O–H groups in total. The molecule has 90 valence electrons. The van der Waals surface area contributed by atoms with E-state index in [1.54, 1.807) is 0 Å². The Labute approximate surface area is 92.7 Å². The van der Waals surface area contributed by atoms with Crippen LogP contribution in [0, 0.1) is 11.3 Å². The largest absolute Gasteiger partial charge is 0.468 e. The van der Waals surface area contributed by atoms with Crippen molar-refractivity contribution in [3.8, 4) is 0 Å². The van der Waals surface area contributed by atoms with E-state index in [-0.39, 0.29) is 19.1 Å². The van der Waals surface area contributed by atoms with Crippen LogP contribution in [0.3, 0.4) is 0 Å². The van der Waals surface area contributed by atoms with Gasteiger partial charge in [-0.05, 0) is 0 Å². The van der Waals surface area contributed by atoms with Gasteiger partial charge >= 0.3 is 11.9 Å². The van der Waals surface area contributed by atoms with Gasteiger partial charge in [-0.25, -0.2) is 0 Å². The summed E-state index contributed by atoms with van der Waals surface area (Å²) in [7, 11) is 1.34. The van der Waals surface area contributed by atoms with Gasteiger partial charge in [0.15, 0.2) is 5.41 Å². The third-order valence-corrected chi connectivity index (χ3v) is 3.39. The average Bonchev–Trinajstić information content (AvgIpc) is 2.29. The lowest BCUT2D eigenvalue weighted by Gasteiger charge is -2.55. The van der Waals surface area contributed by atoms with Crippen LogP contribution in [0.15, 0.2) is 0 Å². The van der Waals surface area contributed by atoms with Gasteiger partial charge in [0.2, 0.25) is 0 Å². The van der Waals surface area contributed by atoms with Crippen LogP contribution in [-0.2, 0) is 28.5 Å². The van der Waals surface area contributed by atoms with Crippen LogP contribution in [-0.4, -0.2) is 52.1 Å². The van der Waals surface area contributed by atoms with Gasteiger partial charge in [0, 0.05) is 5.92 Å². The van der Waals surface area contributed by atoms with Crippen molar-refractivity contribution in [2.75, 3.05) is 40.1 Å². The van der Waals surface area contributed by atoms with E-state index in [1.807, 2.05) is 0 Å². The molecule has 0 aromatic rings. The smallest absolute Gasteiger partial charge is 0.324 e. The van der Waals surface area contributed by atoms with E-state index in [0.29, 0.717) is 19.8 Å². The van der Waals surface area contributed by atoms with Gasteiger partial charge in [0.25, 0.3) is 0 Å². The molecule has 2 bridgehead atoms. The van der Waals surface area contributed by atoms with E-state index in [4.69, 9.17) is 23.7 Å². The molecule has 0 aromatic heterocycles. The fourth-order valence-corrected chi connectivity index (χ4v) is 2.29. The van der Waals surface area contributed by atoms with Crippen LogP contribution in [0.5, 0.6) is 0 Å². The molecule has 16 heavy (non-hydrogen) atoms. The minimum absolute atomic E-state index is 0.213. The normalized spacial score (nSPS) is 40.2. The minimum Gasteiger partial charge on any atom is -0.468 e. The fourth-order valence-electron chi connectivity index (χ4n) is 2.29. The zero-order valence-corrected chi connectivity index (χ0v) is 9.06. The fraction of sp³-hybridized carbons (Fsp3) is 0.900. The molecule has 4 fully saturated rings. The summed E-state index contributed by atoms with van der Waals surface area (Å²) in [5.74, 6) is -1.44. The zero-order chi connectivity index (χ0) is 11.2. The van der Waals surface area contributed by atoms with E-state index in [2.05, 4.69) is 0 Å². The van der Waals surface area contributed by atoms with Crippen molar-refractivity contribution in [3.05, 3.63) is 0 Å². The summed E-state index contributed by atoms with van der Waals surface area (Å²) in [6.07, 6.45) is 0. The van der Waals surface area contributed by atoms with Gasteiger partial charge in [-0.3, -0.25) is 4.79 Å². The molecule has 4 rings (SSSR count). The summed E-state index contributed by atoms with van der Waals surface area (Å²) in [5, 5.41) is 0. The lowest BCUT2D eigenvalue weighted by atomic mass is 9.81. The first-order chi connectivity index (χ1) is 7.72. The first-order valence-corrected chi connectivity index (χ1v) is 5.30. The summed E-state index contributed by atoms with van der Waals surface area (Å²) < 4.78 is 26.6. The van der Waals surface area contributed by atoms with Crippen molar-refractivity contribution in [2.45, 2.75) is 5.97 Å². The predicted molar refractivity (Wildman–Crippen MR) is 49.3 cm³/mol. The molecule has 0 atom stereocenters. The van der Waals surface area contributed by atoms with Gasteiger partial charge in [0.05, 0.1) is 40.1 Å². The van der Waals surface area contributed by atoms with Crippen molar-refractivity contribution >= 4 is 5.97 Å². The van der Waals surface area contributed by atoms with Crippen LogP contribution in [0.1, 0.15) is 0 Å². The molecule has 0 spiro atoms. The highest BCUT2D eigenvalue weighted by atomic mass is 16.9. The predicted octanol–water partition coefficient (Wildman–Crippen LogP) is -0.477. The highest BCUT2D eigenvalue weighted by Crippen LogP contribution is 2.48. The van der Waals surface area contributed by atoms with Gasteiger partial charge in [0.1, 0.15) is 0 Å². The Hall–Kier alpha value is -0.690. The maximum absolute atomic E-state index is 11.9. The first kappa shape index (κ1) is 10.5. The molecule has 0 saturated carbocycles. The summed E-state index contributed by atoms with van der Waals surface area (Å²) in [6, 6.07) is 0. The zero-order valence-electron chi connectivity index (χ0n) is 9.06. The third kappa shape index (κ3) is 1.13. The van der Waals surface area contributed by atoms with Crippen molar-refractivity contribution in [3.63, 3.8) is 0 Å². The summed E-state index contributed by atoms with van der Waals surface area (Å²) in [5.41, 5.74) is -0.965. The van der Waals surface area contributed by atoms with Crippen molar-refractivity contribution in [1.82, 2.24) is 0 Å². The number of methoxy groups -OCH3 is 1. The van der Waals surface area contributed by atoms with Crippen molar-refractivity contribution in [1.29, 1.82) is 0 Å². The minimum atomic E-state index is -1.30. The van der Waals surface area contributed by atoms with Gasteiger partial charge in [-0.2, -0.15) is 0 Å². The highest BCUT2D eigenvalue weighted by molar-refractivity contribution is 5.79. The van der Waals surface area contributed by atoms with E-state index in [0.717, 1.165) is 0 Å². The maximum Gasteiger partial charge on any atom is 0.324 e. The molecular formula is C10H14O6. The molecule has 6 nitrogen and oxygen atoms in total. The Bertz CT molecular complexity index is 289. The number of hydrogen-bond donors (Lipinski definition) is 0. The van der Waals surface area contributed by atoms with Crippen molar-refractivity contribution in [2.24, 2.45) is 11.3 Å². The Kier molecular flexibility index (Phi) is 2.22. The number of carbonyl (C=O) groups excluding carboxylic acids is 1. The van der Waals surface area contributed by atoms with Crippen LogP contribution < -0.4 is 0 Å². The SMILES string of the molecule is COC(=O)C1(C23OCC(CO2)CO3)COC1. The summed E-state index contributed by atoms with van der Waals surface area (Å²) >= 11 is 0. The second-order valence-electron chi connectivity index (χ2n) is 4.42. The van der Waals surface area contributed by atoms with Crippen LogP contribution in [0.4, 0.5) is 0 Å². The Morgan fingerprint density at radius 3 is 2.12 bits per heavy atom. The molecule has 0 aromatic carbocycles. The van der Waals surface area contributed by atoms with Gasteiger partial charge < -0.3 is 23.7 Å². The maximum atomic E-state index is 11.9. The monoisotopic (exact) mass is 230 g/mol. The van der Waals surface area contributed by atoms with Gasteiger partial charge in [-0.1, -0.05) is 0 Å². The Morgan fingerprint density at radius 1 is 1.19 bits per heavy atom. The first-order valence-electron chi connectivity index (χ1n) is 5.30. The van der Waals surface area contributed by atoms with E-state index in [9.17, 15) is 4.79 Å². The highest BCUT2D eigenvalue weighted by Gasteiger charge is 2.69. The molecule has 0 aliphatic carbocycles. The standard InChI is InChI=1S/C10H14O6/c1-12-8(11)9(5-13-6-9)10-14-2-7(3-15-10)4-16-10/h7H,2-6H2,1H3. The molecule has 4 aliphatic rings. The van der Waals surface area contributed by atoms with E-state index < -0.39 is 17.4 Å². The molecule has 4 saturated heterocycles. The third-order valence-electron chi connectivity index (χ3n) is 3.39. The number of carbonyl (C=O) groups is 1. The lowest BCUT2D eigenvalue weighted by molar-refractivity contribution is -0.501. The summed E-state index contributed by atoms with van der Waals surface area (Å²) in [4.78, 5) is 11.9. The number of rotatable bonds is 2. The van der Waals surface area contributed by atoms with Crippen LogP contribution >= 0.6 is 0 Å². The second-order valence-corrected chi connectivity index (χ2v) is 4.42. The summed E-state index contributed by atoms with van der Waals surface area (Å²) in [6.45, 7) is 2.09.